The lowest BCUT2D eigenvalue weighted by Crippen LogP contribution is -2.32. The molecule has 2 aromatic rings. The summed E-state index contributed by atoms with van der Waals surface area (Å²) in [4.78, 5) is 23.2. The van der Waals surface area contributed by atoms with E-state index in [1.54, 1.807) is 24.5 Å². The standard InChI is InChI=1S/C15H20N6O2/c1-9(2)21-8-17-20-14(21)10(3)18-15(23)19-12-6-4-5-11(7-12)13(16)22/h4-10H,1-3H3,(H2,16,22)(H2,18,19,23). The fourth-order valence-corrected chi connectivity index (χ4v) is 2.14. The van der Waals surface area contributed by atoms with E-state index in [9.17, 15) is 9.59 Å². The highest BCUT2D eigenvalue weighted by atomic mass is 16.2. The van der Waals surface area contributed by atoms with Crippen LogP contribution >= 0.6 is 0 Å². The summed E-state index contributed by atoms with van der Waals surface area (Å²) >= 11 is 0. The van der Waals surface area contributed by atoms with E-state index in [4.69, 9.17) is 5.73 Å². The average Bonchev–Trinajstić information content (AvgIpc) is 2.97. The number of primary amides is 1. The van der Waals surface area contributed by atoms with Crippen LogP contribution in [-0.4, -0.2) is 26.7 Å². The molecule has 0 aliphatic heterocycles. The number of carbonyl (C=O) groups excluding carboxylic acids is 2. The smallest absolute Gasteiger partial charge is 0.319 e. The minimum absolute atomic E-state index is 0.194. The fourth-order valence-electron chi connectivity index (χ4n) is 2.14. The third-order valence-electron chi connectivity index (χ3n) is 3.30. The summed E-state index contributed by atoms with van der Waals surface area (Å²) in [5, 5.41) is 13.4. The van der Waals surface area contributed by atoms with Gasteiger partial charge in [0.05, 0.1) is 6.04 Å². The minimum atomic E-state index is -0.549. The molecule has 0 aliphatic rings. The lowest BCUT2D eigenvalue weighted by Gasteiger charge is -2.17. The summed E-state index contributed by atoms with van der Waals surface area (Å²) < 4.78 is 1.89. The highest BCUT2D eigenvalue weighted by molar-refractivity contribution is 5.95. The molecule has 2 rings (SSSR count). The summed E-state index contributed by atoms with van der Waals surface area (Å²) in [5.74, 6) is 0.119. The van der Waals surface area contributed by atoms with Gasteiger partial charge in [-0.15, -0.1) is 10.2 Å². The molecular formula is C15H20N6O2. The largest absolute Gasteiger partial charge is 0.366 e. The number of benzene rings is 1. The van der Waals surface area contributed by atoms with Crippen LogP contribution < -0.4 is 16.4 Å². The summed E-state index contributed by atoms with van der Waals surface area (Å²) in [6.45, 7) is 5.84. The quantitative estimate of drug-likeness (QED) is 0.780. The van der Waals surface area contributed by atoms with E-state index in [0.717, 1.165) is 0 Å². The van der Waals surface area contributed by atoms with Crippen LogP contribution in [0.15, 0.2) is 30.6 Å². The molecule has 8 nitrogen and oxygen atoms in total. The number of carbonyl (C=O) groups is 2. The Hall–Kier alpha value is -2.90. The Morgan fingerprint density at radius 2 is 2.00 bits per heavy atom. The van der Waals surface area contributed by atoms with E-state index in [1.165, 1.54) is 6.07 Å². The van der Waals surface area contributed by atoms with E-state index in [1.807, 2.05) is 25.3 Å². The molecule has 0 bridgehead atoms. The first-order valence-electron chi connectivity index (χ1n) is 7.25. The molecule has 1 aromatic heterocycles. The van der Waals surface area contributed by atoms with Crippen LogP contribution in [0.3, 0.4) is 0 Å². The number of rotatable bonds is 5. The predicted octanol–water partition coefficient (Wildman–Crippen LogP) is 1.84. The van der Waals surface area contributed by atoms with Crippen LogP contribution in [0.25, 0.3) is 0 Å². The van der Waals surface area contributed by atoms with Gasteiger partial charge in [0, 0.05) is 17.3 Å². The number of urea groups is 1. The second-order valence-corrected chi connectivity index (χ2v) is 5.46. The zero-order valence-electron chi connectivity index (χ0n) is 13.3. The van der Waals surface area contributed by atoms with Crippen LogP contribution in [0.4, 0.5) is 10.5 Å². The second-order valence-electron chi connectivity index (χ2n) is 5.46. The summed E-state index contributed by atoms with van der Waals surface area (Å²) in [7, 11) is 0. The van der Waals surface area contributed by atoms with Gasteiger partial charge in [0.25, 0.3) is 0 Å². The third-order valence-corrected chi connectivity index (χ3v) is 3.30. The van der Waals surface area contributed by atoms with E-state index in [2.05, 4.69) is 20.8 Å². The summed E-state index contributed by atoms with van der Waals surface area (Å²) in [6, 6.07) is 5.89. The fraction of sp³-hybridized carbons (Fsp3) is 0.333. The van der Waals surface area contributed by atoms with Crippen molar-refractivity contribution in [3.05, 3.63) is 42.0 Å². The predicted molar refractivity (Wildman–Crippen MR) is 85.9 cm³/mol. The molecule has 0 aliphatic carbocycles. The van der Waals surface area contributed by atoms with Crippen LogP contribution in [0, 0.1) is 0 Å². The van der Waals surface area contributed by atoms with Crippen LogP contribution in [-0.2, 0) is 0 Å². The molecule has 1 atom stereocenters. The van der Waals surface area contributed by atoms with Gasteiger partial charge in [-0.1, -0.05) is 6.07 Å². The number of anilines is 1. The van der Waals surface area contributed by atoms with Gasteiger partial charge in [-0.2, -0.15) is 0 Å². The van der Waals surface area contributed by atoms with Crippen LogP contribution in [0.5, 0.6) is 0 Å². The zero-order chi connectivity index (χ0) is 17.0. The molecule has 23 heavy (non-hydrogen) atoms. The Balaban J connectivity index is 2.03. The maximum absolute atomic E-state index is 12.1. The normalized spacial score (nSPS) is 12.0. The summed E-state index contributed by atoms with van der Waals surface area (Å²) in [5.41, 5.74) is 6.03. The molecule has 0 saturated heterocycles. The van der Waals surface area contributed by atoms with Crippen molar-refractivity contribution in [1.82, 2.24) is 20.1 Å². The van der Waals surface area contributed by atoms with Gasteiger partial charge in [-0.05, 0) is 39.0 Å². The Morgan fingerprint density at radius 3 is 2.65 bits per heavy atom. The molecular weight excluding hydrogens is 296 g/mol. The maximum Gasteiger partial charge on any atom is 0.319 e. The Bertz CT molecular complexity index is 709. The SMILES string of the molecule is CC(NC(=O)Nc1cccc(C(N)=O)c1)c1nncn1C(C)C. The van der Waals surface area contributed by atoms with Crippen molar-refractivity contribution in [3.8, 4) is 0 Å². The molecule has 8 heteroatoms. The van der Waals surface area contributed by atoms with Gasteiger partial charge < -0.3 is 20.9 Å². The summed E-state index contributed by atoms with van der Waals surface area (Å²) in [6.07, 6.45) is 1.63. The number of nitrogens with one attached hydrogen (secondary N) is 2. The maximum atomic E-state index is 12.1. The molecule has 1 heterocycles. The van der Waals surface area contributed by atoms with Gasteiger partial charge in [0.15, 0.2) is 5.82 Å². The molecule has 0 radical (unpaired) electrons. The Labute approximate surface area is 134 Å². The minimum Gasteiger partial charge on any atom is -0.366 e. The number of hydrogen-bond acceptors (Lipinski definition) is 4. The highest BCUT2D eigenvalue weighted by Crippen LogP contribution is 2.15. The first-order chi connectivity index (χ1) is 10.9. The average molecular weight is 316 g/mol. The molecule has 0 saturated carbocycles. The van der Waals surface area contributed by atoms with Crippen molar-refractivity contribution in [1.29, 1.82) is 0 Å². The number of hydrogen-bond donors (Lipinski definition) is 3. The van der Waals surface area contributed by atoms with Gasteiger partial charge in [-0.3, -0.25) is 4.79 Å². The zero-order valence-corrected chi connectivity index (χ0v) is 13.3. The molecule has 0 fully saturated rings. The van der Waals surface area contributed by atoms with Crippen molar-refractivity contribution in [3.63, 3.8) is 0 Å². The molecule has 122 valence electrons. The van der Waals surface area contributed by atoms with Crippen molar-refractivity contribution in [2.45, 2.75) is 32.9 Å². The van der Waals surface area contributed by atoms with Crippen molar-refractivity contribution in [2.24, 2.45) is 5.73 Å². The van der Waals surface area contributed by atoms with E-state index >= 15 is 0 Å². The van der Waals surface area contributed by atoms with Gasteiger partial charge in [0.2, 0.25) is 5.91 Å². The van der Waals surface area contributed by atoms with Crippen molar-refractivity contribution in [2.75, 3.05) is 5.32 Å². The number of amides is 3. The van der Waals surface area contributed by atoms with Crippen LogP contribution in [0.1, 0.15) is 49.0 Å². The number of aromatic nitrogens is 3. The topological polar surface area (TPSA) is 115 Å². The van der Waals surface area contributed by atoms with E-state index in [0.29, 0.717) is 17.1 Å². The first-order valence-corrected chi connectivity index (χ1v) is 7.25. The molecule has 0 spiro atoms. The third kappa shape index (κ3) is 4.06. The first kappa shape index (κ1) is 16.5. The highest BCUT2D eigenvalue weighted by Gasteiger charge is 2.17. The van der Waals surface area contributed by atoms with Crippen LogP contribution in [0.2, 0.25) is 0 Å². The molecule has 1 unspecified atom stereocenters. The second kappa shape index (κ2) is 6.91. The molecule has 3 amide bonds. The lowest BCUT2D eigenvalue weighted by molar-refractivity contribution is 0.1000. The molecule has 1 aromatic carbocycles. The monoisotopic (exact) mass is 316 g/mol. The Kier molecular flexibility index (Phi) is 4.95. The Morgan fingerprint density at radius 1 is 1.26 bits per heavy atom. The van der Waals surface area contributed by atoms with Crippen molar-refractivity contribution >= 4 is 17.6 Å². The molecule has 4 N–H and O–H groups in total. The van der Waals surface area contributed by atoms with E-state index < -0.39 is 11.9 Å². The van der Waals surface area contributed by atoms with Gasteiger partial charge >= 0.3 is 6.03 Å². The van der Waals surface area contributed by atoms with E-state index in [-0.39, 0.29) is 12.1 Å². The number of nitrogens with zero attached hydrogens (tertiary/aromatic N) is 3. The number of nitrogens with two attached hydrogens (primary N) is 1. The van der Waals surface area contributed by atoms with Gasteiger partial charge in [-0.25, -0.2) is 4.79 Å². The van der Waals surface area contributed by atoms with Crippen molar-refractivity contribution < 1.29 is 9.59 Å². The van der Waals surface area contributed by atoms with Gasteiger partial charge in [0.1, 0.15) is 6.33 Å². The lowest BCUT2D eigenvalue weighted by atomic mass is 10.2.